The smallest absolute Gasteiger partial charge is 0.407 e. The number of carbonyl (C=O) groups excluding carboxylic acids is 2. The number of hydrogen-bond acceptors (Lipinski definition) is 39. The average molecular weight is 1430 g/mol. The SMILES string of the molecule is CC(C)(C)OC(=O)NCCCCCC(=O)NCc1cn(CCC2OC(O)/C(O)=C(\O)C(CCO)OC(O)/C(O)=C(\O)C(CCO)OC(O)/C(O)=C(\O)C(CCO)OC(O)/C(O)=C(\O)C(CCO)OC(O)/C(O)=C(\O)C(CCO)OC3OC(CO)C(OC(O)/C(O)=C\2O)C(O)C3O)nn1. The highest BCUT2D eigenvalue weighted by atomic mass is 16.7. The van der Waals surface area contributed by atoms with E-state index in [-0.39, 0.29) is 18.7 Å². The minimum absolute atomic E-state index is 0.0776. The molecule has 1 saturated heterocycles. The minimum Gasteiger partial charge on any atom is -0.506 e. The summed E-state index contributed by atoms with van der Waals surface area (Å²) < 4.78 is 48.3. The summed E-state index contributed by atoms with van der Waals surface area (Å²) in [6.07, 6.45) is -44.6. The van der Waals surface area contributed by atoms with Crippen molar-refractivity contribution in [1.82, 2.24) is 25.6 Å². The van der Waals surface area contributed by atoms with Crippen LogP contribution in [0.15, 0.2) is 75.3 Å². The van der Waals surface area contributed by atoms with Crippen LogP contribution in [0.25, 0.3) is 0 Å². The van der Waals surface area contributed by atoms with Crippen LogP contribution >= 0.6 is 0 Å². The number of alkyl carbamates (subject to hydrolysis) is 1. The number of nitrogens with zero attached hydrogens (tertiary/aromatic N) is 3. The first-order valence-corrected chi connectivity index (χ1v) is 30.3. The van der Waals surface area contributed by atoms with Crippen molar-refractivity contribution in [2.75, 3.05) is 46.2 Å². The van der Waals surface area contributed by atoms with E-state index >= 15 is 0 Å². The summed E-state index contributed by atoms with van der Waals surface area (Å²) in [7, 11) is 0. The molecule has 1 fully saturated rings. The van der Waals surface area contributed by atoms with E-state index in [1.54, 1.807) is 20.8 Å². The first-order valence-electron chi connectivity index (χ1n) is 30.3. The lowest BCUT2D eigenvalue weighted by Crippen LogP contribution is -2.61. The van der Waals surface area contributed by atoms with Crippen LogP contribution in [-0.2, 0) is 60.5 Å². The summed E-state index contributed by atoms with van der Waals surface area (Å²) in [6, 6.07) is 0. The molecule has 17 atom stereocenters. The molecular weight excluding hydrogens is 1330 g/mol. The Kier molecular flexibility index (Phi) is 36.2. The van der Waals surface area contributed by atoms with Crippen molar-refractivity contribution in [2.24, 2.45) is 0 Å². The van der Waals surface area contributed by atoms with Crippen LogP contribution in [0, 0.1) is 0 Å². The van der Waals surface area contributed by atoms with Crippen molar-refractivity contribution < 1.29 is 185 Å². The molecule has 2 amide bonds. The van der Waals surface area contributed by atoms with E-state index in [2.05, 4.69) is 20.9 Å². The van der Waals surface area contributed by atoms with Gasteiger partial charge in [0.05, 0.1) is 19.3 Å². The van der Waals surface area contributed by atoms with E-state index in [1.807, 2.05) is 0 Å². The fourth-order valence-corrected chi connectivity index (χ4v) is 8.91. The normalized spacial score (nSPS) is 34.4. The highest BCUT2D eigenvalue weighted by Crippen LogP contribution is 2.32. The highest BCUT2D eigenvalue weighted by molar-refractivity contribution is 5.75. The Morgan fingerprint density at radius 1 is 0.459 bits per heavy atom. The van der Waals surface area contributed by atoms with Crippen LogP contribution < -0.4 is 10.6 Å². The van der Waals surface area contributed by atoms with Crippen LogP contribution in [0.3, 0.4) is 0 Å². The Labute approximate surface area is 557 Å². The van der Waals surface area contributed by atoms with Crippen molar-refractivity contribution in [3.05, 3.63) is 81.0 Å². The van der Waals surface area contributed by atoms with E-state index in [0.29, 0.717) is 25.8 Å². The number of ether oxygens (including phenoxy) is 9. The van der Waals surface area contributed by atoms with Gasteiger partial charge in [-0.2, -0.15) is 0 Å². The van der Waals surface area contributed by atoms with Gasteiger partial charge in [0.15, 0.2) is 75.4 Å². The second-order valence-electron chi connectivity index (χ2n) is 22.6. The van der Waals surface area contributed by atoms with Crippen LogP contribution in [-0.4, -0.2) is 317 Å². The van der Waals surface area contributed by atoms with Gasteiger partial charge >= 0.3 is 6.09 Å². The second kappa shape index (κ2) is 41.6. The monoisotopic (exact) mass is 1430 g/mol. The third-order valence-corrected chi connectivity index (χ3v) is 14.1. The van der Waals surface area contributed by atoms with Gasteiger partial charge in [-0.15, -0.1) is 5.10 Å². The standard InChI is InChI=1S/C56H93N5O37/c1-56(2,3)98-55(89)57-14-6-4-5-7-32(68)58-21-24-22-61(60-59-24)15-8-25-33(69)45(81)53(88)97-47-31(23-67)96-54(46(82)39(47)75)95-30(13-20-66)38(74)44(80)52(87)94-29(12-19-65)37(73)43(79)51(86)93-28(11-18-64)36(72)42(78)50(85)92-27(10-17-63)35(71)41(77)49(84)91-26(9-16-62)34(70)40(76)48(83)90-25/h22,25-31,39,46-54,62-67,69-88H,4-21,23H2,1-3H3,(H,57,89)(H,58,68)/b40-34+,41-35+,42-36+,43-37+,44-38+,45-33-. The number of aryl methyl sites for hydroxylation is 1. The summed E-state index contributed by atoms with van der Waals surface area (Å²) in [5, 5.41) is 293. The van der Waals surface area contributed by atoms with Crippen molar-refractivity contribution >= 4 is 12.0 Å². The number of rotatable bonds is 22. The molecule has 0 aliphatic carbocycles. The third kappa shape index (κ3) is 26.0. The zero-order chi connectivity index (χ0) is 73.9. The highest BCUT2D eigenvalue weighted by Gasteiger charge is 2.49. The van der Waals surface area contributed by atoms with Gasteiger partial charge in [0.2, 0.25) is 43.6 Å². The predicted molar refractivity (Wildman–Crippen MR) is 319 cm³/mol. The molecule has 1 aromatic heterocycles. The molecule has 98 heavy (non-hydrogen) atoms. The van der Waals surface area contributed by atoms with E-state index < -0.39 is 276 Å². The topological polar surface area (TPSA) is 698 Å². The van der Waals surface area contributed by atoms with Crippen LogP contribution in [0.4, 0.5) is 4.79 Å². The van der Waals surface area contributed by atoms with Crippen LogP contribution in [0.5, 0.6) is 0 Å². The summed E-state index contributed by atoms with van der Waals surface area (Å²) in [6.45, 7) is -1.44. The number of carbonyl (C=O) groups is 2. The van der Waals surface area contributed by atoms with Crippen molar-refractivity contribution in [2.45, 2.75) is 209 Å². The molecule has 564 valence electrons. The molecular formula is C56H93N5O37. The molecule has 4 rings (SSSR count). The van der Waals surface area contributed by atoms with Gasteiger partial charge < -0.3 is 186 Å². The minimum atomic E-state index is -2.91. The first kappa shape index (κ1) is 85.3. The van der Waals surface area contributed by atoms with Crippen molar-refractivity contribution in [3.8, 4) is 0 Å². The fraction of sp³-hybridized carbons (Fsp3) is 0.714. The first-order chi connectivity index (χ1) is 46.1. The molecule has 42 heteroatoms. The molecule has 0 spiro atoms. The maximum Gasteiger partial charge on any atom is 0.407 e. The van der Waals surface area contributed by atoms with Gasteiger partial charge in [0.1, 0.15) is 72.3 Å². The fourth-order valence-electron chi connectivity index (χ4n) is 8.91. The molecule has 0 aromatic carbocycles. The summed E-state index contributed by atoms with van der Waals surface area (Å²) in [5.41, 5.74) is -0.546. The summed E-state index contributed by atoms with van der Waals surface area (Å²) in [5.74, 6) is -19.7. The molecule has 3 aliphatic rings. The lowest BCUT2D eigenvalue weighted by Gasteiger charge is -2.43. The molecule has 1 aromatic rings. The lowest BCUT2D eigenvalue weighted by molar-refractivity contribution is -0.329. The maximum absolute atomic E-state index is 12.6. The zero-order valence-electron chi connectivity index (χ0n) is 53.3. The van der Waals surface area contributed by atoms with Gasteiger partial charge in [-0.1, -0.05) is 11.6 Å². The van der Waals surface area contributed by atoms with Crippen molar-refractivity contribution in [1.29, 1.82) is 0 Å². The quantitative estimate of drug-likeness (QED) is 0.0497. The van der Waals surface area contributed by atoms with E-state index in [4.69, 9.17) is 42.6 Å². The Balaban J connectivity index is 2.16. The number of hydrogen-bond donors (Lipinski definition) is 28. The number of aliphatic hydroxyl groups is 26. The average Bonchev–Trinajstić information content (AvgIpc) is 0.923. The van der Waals surface area contributed by atoms with Gasteiger partial charge in [0.25, 0.3) is 0 Å². The van der Waals surface area contributed by atoms with Crippen molar-refractivity contribution in [3.63, 3.8) is 0 Å². The second-order valence-corrected chi connectivity index (χ2v) is 22.6. The largest absolute Gasteiger partial charge is 0.506 e. The number of unbranched alkanes of at least 4 members (excludes halogenated alkanes) is 2. The van der Waals surface area contributed by atoms with E-state index in [0.717, 1.165) is 4.68 Å². The number of aliphatic hydroxyl groups excluding tert-OH is 26. The molecule has 0 saturated carbocycles. The number of fused-ring (bicyclic) bond motifs is 26. The molecule has 2 bridgehead atoms. The van der Waals surface area contributed by atoms with Gasteiger partial charge in [-0.25, -0.2) is 4.79 Å². The molecule has 17 unspecified atom stereocenters. The molecule has 3 aliphatic heterocycles. The Morgan fingerprint density at radius 2 is 0.816 bits per heavy atom. The van der Waals surface area contributed by atoms with Gasteiger partial charge in [-0.05, 0) is 33.6 Å². The van der Waals surface area contributed by atoms with Crippen LogP contribution in [0.1, 0.15) is 90.7 Å². The Bertz CT molecular complexity index is 2810. The van der Waals surface area contributed by atoms with Crippen LogP contribution in [0.2, 0.25) is 0 Å². The Hall–Kier alpha value is -6.96. The molecule has 4 heterocycles. The summed E-state index contributed by atoms with van der Waals surface area (Å²) in [4.78, 5) is 24.5. The maximum atomic E-state index is 12.6. The van der Waals surface area contributed by atoms with Gasteiger partial charge in [-0.3, -0.25) is 9.48 Å². The Morgan fingerprint density at radius 3 is 1.17 bits per heavy atom. The molecule has 0 radical (unpaired) electrons. The number of amides is 2. The molecule has 42 nitrogen and oxygen atoms in total. The third-order valence-electron chi connectivity index (χ3n) is 14.1. The number of aromatic nitrogens is 3. The van der Waals surface area contributed by atoms with E-state index in [1.165, 1.54) is 6.20 Å². The van der Waals surface area contributed by atoms with Gasteiger partial charge in [0, 0.05) is 91.1 Å². The zero-order valence-corrected chi connectivity index (χ0v) is 53.3. The van der Waals surface area contributed by atoms with E-state index in [9.17, 15) is 142 Å². The molecule has 28 N–H and O–H groups in total. The predicted octanol–water partition coefficient (Wildman–Crippen LogP) is -3.69. The lowest BCUT2D eigenvalue weighted by atomic mass is 9.98. The summed E-state index contributed by atoms with van der Waals surface area (Å²) >= 11 is 0. The number of nitrogens with one attached hydrogen (secondary N) is 2.